The van der Waals surface area contributed by atoms with Crippen molar-refractivity contribution in [3.8, 4) is 0 Å². The van der Waals surface area contributed by atoms with E-state index in [9.17, 15) is 9.90 Å². The molecule has 0 saturated carbocycles. The van der Waals surface area contributed by atoms with Crippen molar-refractivity contribution in [1.29, 1.82) is 0 Å². The first-order valence-corrected chi connectivity index (χ1v) is 20.8. The molecule has 9 nitrogen and oxygen atoms in total. The number of carbonyl (C=O) groups is 1. The van der Waals surface area contributed by atoms with Gasteiger partial charge in [0, 0.05) is 47.5 Å². The van der Waals surface area contributed by atoms with E-state index in [0.717, 1.165) is 60.9 Å². The summed E-state index contributed by atoms with van der Waals surface area (Å²) in [6, 6.07) is 6.11. The number of rotatable bonds is 12. The van der Waals surface area contributed by atoms with Crippen molar-refractivity contribution in [2.75, 3.05) is 31.6 Å². The van der Waals surface area contributed by atoms with Crippen LogP contribution in [0.3, 0.4) is 0 Å². The number of carboxylic acid groups (broad SMARTS) is 1. The van der Waals surface area contributed by atoms with Crippen molar-refractivity contribution in [3.05, 3.63) is 30.1 Å². The molecule has 4 rings (SSSR count). The summed E-state index contributed by atoms with van der Waals surface area (Å²) in [4.78, 5) is 20.4. The van der Waals surface area contributed by atoms with Gasteiger partial charge in [0.1, 0.15) is 19.3 Å². The van der Waals surface area contributed by atoms with Gasteiger partial charge in [-0.3, -0.25) is 4.90 Å². The monoisotopic (exact) mass is 545 g/mol. The third kappa shape index (κ3) is 7.21. The minimum atomic E-state index is -1.20. The Bertz CT molecular complexity index is 1100. The van der Waals surface area contributed by atoms with Crippen LogP contribution in [0.2, 0.25) is 51.4 Å². The van der Waals surface area contributed by atoms with Crippen LogP contribution in [0.25, 0.3) is 11.2 Å². The molecule has 0 spiro atoms. The van der Waals surface area contributed by atoms with Crippen LogP contribution in [0.5, 0.6) is 0 Å². The first kappa shape index (κ1) is 27.8. The first-order chi connectivity index (χ1) is 17.4. The summed E-state index contributed by atoms with van der Waals surface area (Å²) < 4.78 is 14.2. The largest absolute Gasteiger partial charge is 0.465 e. The topological polar surface area (TPSA) is 92.4 Å². The summed E-state index contributed by atoms with van der Waals surface area (Å²) in [6.07, 6.45) is 5.45. The van der Waals surface area contributed by atoms with Gasteiger partial charge in [0.15, 0.2) is 5.65 Å². The second-order valence-corrected chi connectivity index (χ2v) is 24.0. The Kier molecular flexibility index (Phi) is 8.46. The predicted molar refractivity (Wildman–Crippen MR) is 153 cm³/mol. The fourth-order valence-corrected chi connectivity index (χ4v) is 6.39. The number of aromatic nitrogens is 3. The van der Waals surface area contributed by atoms with Crippen LogP contribution in [0.1, 0.15) is 25.0 Å². The van der Waals surface area contributed by atoms with Crippen LogP contribution in [0, 0.1) is 0 Å². The molecule has 2 aromatic heterocycles. The van der Waals surface area contributed by atoms with E-state index in [1.165, 1.54) is 0 Å². The number of ether oxygens (including phenoxy) is 2. The quantitative estimate of drug-likeness (QED) is 0.215. The van der Waals surface area contributed by atoms with E-state index in [0.29, 0.717) is 19.9 Å². The third-order valence-corrected chi connectivity index (χ3v) is 10.5. The number of fused-ring (bicyclic) bond motifs is 3. The standard InChI is InChI=1S/C26H43N5O4Si2/c1-36(2,3)13-11-34-18-29(19-35-12-14-37(4,5)6)25-17-23(28-24-9-10-27-31(24)25)20-15-21-7-8-22(16-20)30(21)26(32)33/h9-10,15,17,21-22H,7-8,11-14,16,18-19H2,1-6H3,(H,32,33). The molecule has 0 aromatic carbocycles. The molecule has 2 aliphatic heterocycles. The van der Waals surface area contributed by atoms with Crippen LogP contribution in [-0.2, 0) is 9.47 Å². The Labute approximate surface area is 222 Å². The Hall–Kier alpha value is -2.22. The lowest BCUT2D eigenvalue weighted by Crippen LogP contribution is -2.42. The molecule has 204 valence electrons. The molecule has 2 atom stereocenters. The fourth-order valence-electron chi connectivity index (χ4n) is 4.88. The van der Waals surface area contributed by atoms with Crippen LogP contribution in [0.4, 0.5) is 10.6 Å². The lowest BCUT2D eigenvalue weighted by molar-refractivity contribution is 0.0942. The van der Waals surface area contributed by atoms with Gasteiger partial charge in [-0.1, -0.05) is 45.4 Å². The minimum Gasteiger partial charge on any atom is -0.465 e. The van der Waals surface area contributed by atoms with Gasteiger partial charge >= 0.3 is 6.09 Å². The zero-order valence-electron chi connectivity index (χ0n) is 23.2. The van der Waals surface area contributed by atoms with E-state index in [-0.39, 0.29) is 12.1 Å². The molecular formula is C26H43N5O4Si2. The molecule has 1 amide bonds. The molecule has 2 bridgehead atoms. The smallest absolute Gasteiger partial charge is 0.408 e. The SMILES string of the molecule is C[Si](C)(C)CCOCN(COCC[Si](C)(C)C)c1cc(C2=CC3CCC(C2)N3C(=O)O)nc2ccnn12. The van der Waals surface area contributed by atoms with Crippen molar-refractivity contribution in [2.24, 2.45) is 0 Å². The van der Waals surface area contributed by atoms with Gasteiger partial charge in [0.05, 0.1) is 17.9 Å². The zero-order valence-corrected chi connectivity index (χ0v) is 25.2. The molecule has 1 saturated heterocycles. The maximum atomic E-state index is 11.8. The minimum absolute atomic E-state index is 0.0137. The fraction of sp³-hybridized carbons (Fsp3) is 0.654. The molecule has 2 unspecified atom stereocenters. The van der Waals surface area contributed by atoms with Crippen LogP contribution < -0.4 is 4.90 Å². The summed E-state index contributed by atoms with van der Waals surface area (Å²) in [5.41, 5.74) is 2.74. The summed E-state index contributed by atoms with van der Waals surface area (Å²) in [5, 5.41) is 14.2. The second-order valence-electron chi connectivity index (χ2n) is 12.7. The number of nitrogens with zero attached hydrogens (tertiary/aromatic N) is 5. The summed E-state index contributed by atoms with van der Waals surface area (Å²) >= 11 is 0. The molecule has 1 fully saturated rings. The molecule has 0 radical (unpaired) electrons. The van der Waals surface area contributed by atoms with Crippen molar-refractivity contribution in [1.82, 2.24) is 19.5 Å². The molecule has 0 aliphatic carbocycles. The summed E-state index contributed by atoms with van der Waals surface area (Å²) in [5.74, 6) is 0.875. The molecule has 11 heteroatoms. The number of hydrogen-bond donors (Lipinski definition) is 1. The van der Waals surface area contributed by atoms with Gasteiger partial charge in [-0.15, -0.1) is 0 Å². The molecular weight excluding hydrogens is 502 g/mol. The van der Waals surface area contributed by atoms with Crippen molar-refractivity contribution in [3.63, 3.8) is 0 Å². The van der Waals surface area contributed by atoms with Gasteiger partial charge < -0.3 is 19.5 Å². The number of hydrogen-bond acceptors (Lipinski definition) is 6. The van der Waals surface area contributed by atoms with Gasteiger partial charge in [0.25, 0.3) is 0 Å². The molecule has 2 aliphatic rings. The van der Waals surface area contributed by atoms with Gasteiger partial charge in [-0.2, -0.15) is 9.61 Å². The van der Waals surface area contributed by atoms with Gasteiger partial charge in [0.2, 0.25) is 0 Å². The maximum Gasteiger partial charge on any atom is 0.408 e. The van der Waals surface area contributed by atoms with Crippen molar-refractivity contribution >= 4 is 39.3 Å². The molecule has 4 heterocycles. The van der Waals surface area contributed by atoms with Crippen molar-refractivity contribution in [2.45, 2.75) is 82.7 Å². The Morgan fingerprint density at radius 1 is 1.08 bits per heavy atom. The Balaban J connectivity index is 1.59. The van der Waals surface area contributed by atoms with E-state index in [4.69, 9.17) is 14.5 Å². The number of amides is 1. The highest BCUT2D eigenvalue weighted by atomic mass is 28.3. The van der Waals surface area contributed by atoms with E-state index in [1.807, 2.05) is 10.6 Å². The van der Waals surface area contributed by atoms with Crippen LogP contribution >= 0.6 is 0 Å². The highest BCUT2D eigenvalue weighted by Crippen LogP contribution is 2.38. The average molecular weight is 546 g/mol. The van der Waals surface area contributed by atoms with E-state index in [2.05, 4.69) is 61.4 Å². The molecule has 1 N–H and O–H groups in total. The molecule has 2 aromatic rings. The lowest BCUT2D eigenvalue weighted by atomic mass is 9.98. The predicted octanol–water partition coefficient (Wildman–Crippen LogP) is 5.46. The van der Waals surface area contributed by atoms with E-state index >= 15 is 0 Å². The van der Waals surface area contributed by atoms with Crippen molar-refractivity contribution < 1.29 is 19.4 Å². The normalized spacial score (nSPS) is 19.9. The lowest BCUT2D eigenvalue weighted by Gasteiger charge is -2.32. The highest BCUT2D eigenvalue weighted by molar-refractivity contribution is 6.76. The average Bonchev–Trinajstić information content (AvgIpc) is 3.38. The Morgan fingerprint density at radius 3 is 2.30 bits per heavy atom. The third-order valence-electron chi connectivity index (χ3n) is 7.10. The number of anilines is 1. The Morgan fingerprint density at radius 2 is 1.73 bits per heavy atom. The van der Waals surface area contributed by atoms with Gasteiger partial charge in [-0.25, -0.2) is 9.78 Å². The zero-order chi connectivity index (χ0) is 26.8. The molecule has 37 heavy (non-hydrogen) atoms. The summed E-state index contributed by atoms with van der Waals surface area (Å²) in [6.45, 7) is 16.4. The van der Waals surface area contributed by atoms with Crippen LogP contribution in [0.15, 0.2) is 24.4 Å². The first-order valence-electron chi connectivity index (χ1n) is 13.4. The van der Waals surface area contributed by atoms with E-state index in [1.54, 1.807) is 11.1 Å². The van der Waals surface area contributed by atoms with Gasteiger partial charge in [-0.05, 0) is 36.9 Å². The second kappa shape index (κ2) is 11.3. The maximum absolute atomic E-state index is 11.8. The van der Waals surface area contributed by atoms with E-state index < -0.39 is 22.2 Å². The highest BCUT2D eigenvalue weighted by Gasteiger charge is 2.40. The summed E-state index contributed by atoms with van der Waals surface area (Å²) in [7, 11) is -2.39. The van der Waals surface area contributed by atoms with Crippen LogP contribution in [-0.4, -0.2) is 85.6 Å².